The second kappa shape index (κ2) is 8.85. The number of amides is 2. The molecule has 3 heterocycles. The first-order valence-electron chi connectivity index (χ1n) is 11.8. The summed E-state index contributed by atoms with van der Waals surface area (Å²) in [4.78, 5) is 34.2. The highest BCUT2D eigenvalue weighted by Gasteiger charge is 2.35. The quantitative estimate of drug-likeness (QED) is 0.742. The lowest BCUT2D eigenvalue weighted by atomic mass is 9.83. The molecule has 1 aliphatic carbocycles. The van der Waals surface area contributed by atoms with Crippen molar-refractivity contribution in [2.24, 2.45) is 11.8 Å². The van der Waals surface area contributed by atoms with Crippen LogP contribution < -0.4 is 0 Å². The summed E-state index contributed by atoms with van der Waals surface area (Å²) in [5, 5.41) is 0. The first kappa shape index (κ1) is 20.3. The van der Waals surface area contributed by atoms with Crippen LogP contribution in [0.2, 0.25) is 0 Å². The number of benzene rings is 1. The molecule has 2 aliphatic heterocycles. The van der Waals surface area contributed by atoms with Crippen molar-refractivity contribution in [3.63, 3.8) is 0 Å². The number of aromatic nitrogens is 1. The molecule has 5 rings (SSSR count). The highest BCUT2D eigenvalue weighted by atomic mass is 16.4. The molecule has 164 valence electrons. The molecule has 2 aromatic rings. The summed E-state index contributed by atoms with van der Waals surface area (Å²) in [6, 6.07) is 10.4. The molecule has 1 saturated heterocycles. The van der Waals surface area contributed by atoms with Gasteiger partial charge in [-0.15, -0.1) is 0 Å². The van der Waals surface area contributed by atoms with Crippen LogP contribution >= 0.6 is 0 Å². The first-order chi connectivity index (χ1) is 15.2. The molecule has 2 amide bonds. The fraction of sp³-hybridized carbons (Fsp3) is 0.560. The molecule has 1 aromatic carbocycles. The lowest BCUT2D eigenvalue weighted by molar-refractivity contribution is -0.144. The molecule has 31 heavy (non-hydrogen) atoms. The number of nitrogens with zero attached hydrogens (tertiary/aromatic N) is 3. The standard InChI is InChI=1S/C25H31N3O3/c29-24(19-7-4-8-19)27-14-11-20(12-15-27)25(30)28-16-13-22-21(17-28)26-23(31-22)10-9-18-5-2-1-3-6-18/h1-3,5-6,19-20H,4,7-17H2. The average Bonchev–Trinajstić information content (AvgIpc) is 3.19. The number of carbonyl (C=O) groups excluding carboxylic acids is 2. The Kier molecular flexibility index (Phi) is 5.79. The topological polar surface area (TPSA) is 66.7 Å². The summed E-state index contributed by atoms with van der Waals surface area (Å²) >= 11 is 0. The summed E-state index contributed by atoms with van der Waals surface area (Å²) in [5.74, 6) is 2.51. The predicted molar refractivity (Wildman–Crippen MR) is 116 cm³/mol. The van der Waals surface area contributed by atoms with Crippen molar-refractivity contribution < 1.29 is 14.0 Å². The number of fused-ring (bicyclic) bond motifs is 1. The lowest BCUT2D eigenvalue weighted by Gasteiger charge is -2.37. The molecule has 0 spiro atoms. The smallest absolute Gasteiger partial charge is 0.226 e. The van der Waals surface area contributed by atoms with Crippen LogP contribution in [0, 0.1) is 11.8 Å². The molecule has 0 bridgehead atoms. The molecular formula is C25H31N3O3. The summed E-state index contributed by atoms with van der Waals surface area (Å²) in [7, 11) is 0. The number of likely N-dealkylation sites (tertiary alicyclic amines) is 1. The molecule has 6 heteroatoms. The number of oxazole rings is 1. The molecule has 6 nitrogen and oxygen atoms in total. The van der Waals surface area contributed by atoms with Gasteiger partial charge < -0.3 is 14.2 Å². The Hall–Kier alpha value is -2.63. The molecule has 0 radical (unpaired) electrons. The van der Waals surface area contributed by atoms with Crippen molar-refractivity contribution in [1.82, 2.24) is 14.8 Å². The summed E-state index contributed by atoms with van der Waals surface area (Å²) in [6.07, 6.45) is 7.23. The van der Waals surface area contributed by atoms with Crippen LogP contribution in [0.3, 0.4) is 0 Å². The summed E-state index contributed by atoms with van der Waals surface area (Å²) < 4.78 is 5.99. The number of rotatable bonds is 5. The van der Waals surface area contributed by atoms with Gasteiger partial charge in [0, 0.05) is 44.3 Å². The zero-order valence-electron chi connectivity index (χ0n) is 18.1. The summed E-state index contributed by atoms with van der Waals surface area (Å²) in [5.41, 5.74) is 2.19. The van der Waals surface area contributed by atoms with Crippen molar-refractivity contribution in [2.75, 3.05) is 19.6 Å². The van der Waals surface area contributed by atoms with E-state index in [0.717, 1.165) is 75.4 Å². The zero-order valence-corrected chi connectivity index (χ0v) is 18.1. The maximum absolute atomic E-state index is 13.1. The Bertz CT molecular complexity index is 927. The van der Waals surface area contributed by atoms with Gasteiger partial charge in [0.05, 0.1) is 6.54 Å². The van der Waals surface area contributed by atoms with E-state index in [1.54, 1.807) is 0 Å². The van der Waals surface area contributed by atoms with Crippen LogP contribution in [0.4, 0.5) is 0 Å². The monoisotopic (exact) mass is 421 g/mol. The average molecular weight is 422 g/mol. The van der Waals surface area contributed by atoms with Gasteiger partial charge in [0.15, 0.2) is 5.89 Å². The van der Waals surface area contributed by atoms with Gasteiger partial charge in [-0.2, -0.15) is 0 Å². The number of carbonyl (C=O) groups is 2. The highest BCUT2D eigenvalue weighted by Crippen LogP contribution is 2.31. The lowest BCUT2D eigenvalue weighted by Crippen LogP contribution is -2.47. The van der Waals surface area contributed by atoms with E-state index in [2.05, 4.69) is 12.1 Å². The van der Waals surface area contributed by atoms with Gasteiger partial charge in [0.1, 0.15) is 11.5 Å². The molecular weight excluding hydrogens is 390 g/mol. The van der Waals surface area contributed by atoms with Gasteiger partial charge >= 0.3 is 0 Å². The van der Waals surface area contributed by atoms with Gasteiger partial charge in [-0.25, -0.2) is 4.98 Å². The van der Waals surface area contributed by atoms with Crippen LogP contribution in [0.1, 0.15) is 55.0 Å². The van der Waals surface area contributed by atoms with Crippen LogP contribution in [0.15, 0.2) is 34.7 Å². The van der Waals surface area contributed by atoms with E-state index in [1.807, 2.05) is 28.0 Å². The Labute approximate surface area is 183 Å². The van der Waals surface area contributed by atoms with Crippen molar-refractivity contribution in [1.29, 1.82) is 0 Å². The van der Waals surface area contributed by atoms with E-state index in [0.29, 0.717) is 19.0 Å². The normalized spacial score (nSPS) is 19.7. The van der Waals surface area contributed by atoms with Crippen LogP contribution in [-0.2, 0) is 35.4 Å². The predicted octanol–water partition coefficient (Wildman–Crippen LogP) is 3.38. The fourth-order valence-electron chi connectivity index (χ4n) is 4.96. The van der Waals surface area contributed by atoms with Gasteiger partial charge in [0.25, 0.3) is 0 Å². The van der Waals surface area contributed by atoms with Crippen LogP contribution in [-0.4, -0.2) is 46.2 Å². The fourth-order valence-corrected chi connectivity index (χ4v) is 4.96. The Balaban J connectivity index is 1.14. The number of piperidine rings is 1. The van der Waals surface area contributed by atoms with Gasteiger partial charge in [0.2, 0.25) is 11.8 Å². The SMILES string of the molecule is O=C(C1CCC1)N1CCC(C(=O)N2CCc3oc(CCc4ccccc4)nc3C2)CC1. The van der Waals surface area contributed by atoms with Crippen LogP contribution in [0.5, 0.6) is 0 Å². The van der Waals surface area contributed by atoms with E-state index in [-0.39, 0.29) is 17.7 Å². The zero-order chi connectivity index (χ0) is 21.2. The molecule has 3 aliphatic rings. The van der Waals surface area contributed by atoms with Crippen molar-refractivity contribution in [3.8, 4) is 0 Å². The van der Waals surface area contributed by atoms with E-state index in [1.165, 1.54) is 12.0 Å². The number of aryl methyl sites for hydroxylation is 2. The van der Waals surface area contributed by atoms with Crippen molar-refractivity contribution >= 4 is 11.8 Å². The molecule has 1 aromatic heterocycles. The minimum Gasteiger partial charge on any atom is -0.445 e. The van der Waals surface area contributed by atoms with Gasteiger partial charge in [-0.1, -0.05) is 36.8 Å². The minimum atomic E-state index is 0.0245. The second-order valence-corrected chi connectivity index (χ2v) is 9.20. The van der Waals surface area contributed by atoms with Crippen LogP contribution in [0.25, 0.3) is 0 Å². The maximum atomic E-state index is 13.1. The third kappa shape index (κ3) is 4.39. The number of hydrogen-bond donors (Lipinski definition) is 0. The molecule has 0 atom stereocenters. The Morgan fingerprint density at radius 1 is 0.903 bits per heavy atom. The maximum Gasteiger partial charge on any atom is 0.226 e. The van der Waals surface area contributed by atoms with E-state index < -0.39 is 0 Å². The molecule has 1 saturated carbocycles. The minimum absolute atomic E-state index is 0.0245. The second-order valence-electron chi connectivity index (χ2n) is 9.20. The molecule has 0 unspecified atom stereocenters. The highest BCUT2D eigenvalue weighted by molar-refractivity contribution is 5.81. The van der Waals surface area contributed by atoms with Crippen molar-refractivity contribution in [3.05, 3.63) is 53.2 Å². The molecule has 0 N–H and O–H groups in total. The van der Waals surface area contributed by atoms with E-state index in [4.69, 9.17) is 9.40 Å². The molecule has 2 fully saturated rings. The summed E-state index contributed by atoms with van der Waals surface area (Å²) in [6.45, 7) is 2.68. The third-order valence-electron chi connectivity index (χ3n) is 7.16. The number of hydrogen-bond acceptors (Lipinski definition) is 4. The largest absolute Gasteiger partial charge is 0.445 e. The van der Waals surface area contributed by atoms with Gasteiger partial charge in [-0.3, -0.25) is 9.59 Å². The van der Waals surface area contributed by atoms with E-state index >= 15 is 0 Å². The van der Waals surface area contributed by atoms with Gasteiger partial charge in [-0.05, 0) is 37.7 Å². The van der Waals surface area contributed by atoms with E-state index in [9.17, 15) is 9.59 Å². The first-order valence-corrected chi connectivity index (χ1v) is 11.8. The third-order valence-corrected chi connectivity index (χ3v) is 7.16. The Morgan fingerprint density at radius 3 is 2.32 bits per heavy atom. The Morgan fingerprint density at radius 2 is 1.61 bits per heavy atom. The van der Waals surface area contributed by atoms with Crippen molar-refractivity contribution in [2.45, 2.75) is 57.9 Å².